The van der Waals surface area contributed by atoms with Gasteiger partial charge in [0.25, 0.3) is 0 Å². The molecule has 7 nitrogen and oxygen atoms in total. The van der Waals surface area contributed by atoms with Gasteiger partial charge in [0, 0.05) is 41.0 Å². The molecule has 0 radical (unpaired) electrons. The molecule has 2 aliphatic rings. The van der Waals surface area contributed by atoms with Crippen molar-refractivity contribution in [3.05, 3.63) is 29.3 Å². The smallest absolute Gasteiger partial charge is 0.436 e. The van der Waals surface area contributed by atoms with E-state index < -0.39 is 11.7 Å². The Morgan fingerprint density at radius 1 is 1.27 bits per heavy atom. The molecule has 0 aliphatic carbocycles. The maximum Gasteiger partial charge on any atom is 0.436 e. The number of carbonyl (C=O) groups is 2. The quantitative estimate of drug-likeness (QED) is 0.215. The van der Waals surface area contributed by atoms with E-state index in [2.05, 4.69) is 10.3 Å². The number of unbranched alkanes of at least 4 members (excludes halogenated alkanes) is 1. The zero-order valence-electron chi connectivity index (χ0n) is 19.7. The zero-order chi connectivity index (χ0) is 23.8. The van der Waals surface area contributed by atoms with Gasteiger partial charge in [-0.15, -0.1) is 0 Å². The Bertz CT molecular complexity index is 864. The molecule has 0 aromatic heterocycles. The maximum atomic E-state index is 12.2. The Hall–Kier alpha value is -1.87. The summed E-state index contributed by atoms with van der Waals surface area (Å²) in [4.78, 5) is 28.0. The molecule has 2 aliphatic heterocycles. The topological polar surface area (TPSA) is 103 Å². The lowest BCUT2D eigenvalue weighted by molar-refractivity contribution is -0.121. The Balaban J connectivity index is 1.44. The number of nitrogens with two attached hydrogens (primary N) is 1. The number of aliphatic imine (C=N–C) groups is 1. The molecule has 0 bridgehead atoms. The number of benzene rings is 1. The van der Waals surface area contributed by atoms with Crippen molar-refractivity contribution < 1.29 is 19.1 Å². The molecular formula is C24H35N3O4S2. The van der Waals surface area contributed by atoms with Gasteiger partial charge >= 0.3 is 6.09 Å². The molecule has 0 saturated carbocycles. The molecule has 9 heteroatoms. The van der Waals surface area contributed by atoms with Gasteiger partial charge in [-0.2, -0.15) is 4.99 Å². The highest BCUT2D eigenvalue weighted by atomic mass is 33.1. The summed E-state index contributed by atoms with van der Waals surface area (Å²) in [7, 11) is 3.96. The molecule has 182 valence electrons. The number of nitrogens with one attached hydrogen (secondary N) is 1. The Labute approximate surface area is 204 Å². The molecule has 1 aromatic carbocycles. The van der Waals surface area contributed by atoms with E-state index in [-0.39, 0.29) is 17.7 Å². The normalized spacial score (nSPS) is 20.3. The van der Waals surface area contributed by atoms with Crippen molar-refractivity contribution in [2.24, 2.45) is 10.7 Å². The third kappa shape index (κ3) is 8.45. The number of hydrogen-bond donors (Lipinski definition) is 2. The minimum Gasteiger partial charge on any atom is -0.493 e. The summed E-state index contributed by atoms with van der Waals surface area (Å²) in [6.07, 6.45) is 5.23. The highest BCUT2D eigenvalue weighted by Gasteiger charge is 2.25. The lowest BCUT2D eigenvalue weighted by Gasteiger charge is -2.17. The highest BCUT2D eigenvalue weighted by molar-refractivity contribution is 8.77. The van der Waals surface area contributed by atoms with Crippen molar-refractivity contribution in [2.45, 2.75) is 76.1 Å². The molecule has 33 heavy (non-hydrogen) atoms. The van der Waals surface area contributed by atoms with Crippen LogP contribution in [0.4, 0.5) is 4.79 Å². The van der Waals surface area contributed by atoms with E-state index in [0.29, 0.717) is 25.1 Å². The van der Waals surface area contributed by atoms with Gasteiger partial charge in [-0.3, -0.25) is 4.79 Å². The van der Waals surface area contributed by atoms with E-state index >= 15 is 0 Å². The van der Waals surface area contributed by atoms with Crippen LogP contribution in [0.1, 0.15) is 76.3 Å². The van der Waals surface area contributed by atoms with Crippen LogP contribution in [0.3, 0.4) is 0 Å². The summed E-state index contributed by atoms with van der Waals surface area (Å²) in [5.74, 6) is 2.45. The van der Waals surface area contributed by atoms with Gasteiger partial charge in [0.2, 0.25) is 5.91 Å². The Morgan fingerprint density at radius 3 is 2.82 bits per heavy atom. The molecule has 1 saturated heterocycles. The largest absolute Gasteiger partial charge is 0.493 e. The first kappa shape index (κ1) is 25.7. The minimum atomic E-state index is -0.711. The third-order valence-electron chi connectivity index (χ3n) is 5.51. The number of carbonyl (C=O) groups excluding carboxylic acids is 2. The lowest BCUT2D eigenvalue weighted by Crippen LogP contribution is -2.25. The van der Waals surface area contributed by atoms with E-state index in [9.17, 15) is 9.59 Å². The van der Waals surface area contributed by atoms with Crippen LogP contribution in [-0.4, -0.2) is 47.6 Å². The summed E-state index contributed by atoms with van der Waals surface area (Å²) in [6.45, 7) is 6.51. The number of rotatable bonds is 9. The molecule has 3 N–H and O–H groups in total. The molecule has 2 heterocycles. The fourth-order valence-electron chi connectivity index (χ4n) is 3.82. The van der Waals surface area contributed by atoms with Crippen LogP contribution in [0, 0.1) is 0 Å². The molecular weight excluding hydrogens is 458 g/mol. The van der Waals surface area contributed by atoms with Crippen molar-refractivity contribution in [1.29, 1.82) is 0 Å². The second kappa shape index (κ2) is 12.0. The molecule has 2 atom stereocenters. The van der Waals surface area contributed by atoms with Gasteiger partial charge in [-0.1, -0.05) is 28.0 Å². The fraction of sp³-hybridized carbons (Fsp3) is 0.625. The Kier molecular flexibility index (Phi) is 9.37. The van der Waals surface area contributed by atoms with Gasteiger partial charge in [-0.25, -0.2) is 4.79 Å². The van der Waals surface area contributed by atoms with Gasteiger partial charge in [-0.05, 0) is 64.7 Å². The molecule has 1 fully saturated rings. The summed E-state index contributed by atoms with van der Waals surface area (Å²) in [5.41, 5.74) is 7.09. The minimum absolute atomic E-state index is 0.112. The average Bonchev–Trinajstić information content (AvgIpc) is 3.39. The third-order valence-corrected chi connectivity index (χ3v) is 8.52. The van der Waals surface area contributed by atoms with E-state index in [4.69, 9.17) is 15.2 Å². The Morgan fingerprint density at radius 2 is 2.09 bits per heavy atom. The predicted molar refractivity (Wildman–Crippen MR) is 136 cm³/mol. The summed E-state index contributed by atoms with van der Waals surface area (Å²) in [6, 6.07) is 5.55. The van der Waals surface area contributed by atoms with Gasteiger partial charge in [0.15, 0.2) is 0 Å². The second-order valence-corrected chi connectivity index (χ2v) is 12.2. The summed E-state index contributed by atoms with van der Waals surface area (Å²) >= 11 is 0. The van der Waals surface area contributed by atoms with Crippen molar-refractivity contribution in [3.63, 3.8) is 0 Å². The van der Waals surface area contributed by atoms with Crippen LogP contribution in [0.2, 0.25) is 0 Å². The number of hydrogen-bond acceptors (Lipinski definition) is 6. The standard InChI is InChI=1S/C24H35N3O4S2/c1-24(2,3)31-23(29)27-22(25)16-8-9-20-19(14-16)17(15-30-20)10-12-26-21(28)7-5-4-6-18-11-13-32-33-18/h8-9,14,17-18H,4-7,10-13,15H2,1-3H3,(H,26,28)(H2,25,27,29). The van der Waals surface area contributed by atoms with Crippen LogP contribution < -0.4 is 15.8 Å². The van der Waals surface area contributed by atoms with Crippen LogP contribution in [-0.2, 0) is 9.53 Å². The second-order valence-electron chi connectivity index (χ2n) is 9.45. The molecule has 0 spiro atoms. The lowest BCUT2D eigenvalue weighted by atomic mass is 9.96. The number of amides is 2. The molecule has 1 aromatic rings. The van der Waals surface area contributed by atoms with E-state index in [1.54, 1.807) is 26.8 Å². The first-order chi connectivity index (χ1) is 15.7. The number of fused-ring (bicyclic) bond motifs is 1. The van der Waals surface area contributed by atoms with Crippen molar-refractivity contribution in [2.75, 3.05) is 18.9 Å². The first-order valence-electron chi connectivity index (χ1n) is 11.6. The number of nitrogens with zero attached hydrogens (tertiary/aromatic N) is 1. The molecule has 2 amide bonds. The molecule has 2 unspecified atom stereocenters. The van der Waals surface area contributed by atoms with Gasteiger partial charge in [0.1, 0.15) is 17.2 Å². The summed E-state index contributed by atoms with van der Waals surface area (Å²) < 4.78 is 11.0. The average molecular weight is 494 g/mol. The van der Waals surface area contributed by atoms with Crippen LogP contribution in [0.15, 0.2) is 23.2 Å². The van der Waals surface area contributed by atoms with E-state index in [0.717, 1.165) is 35.8 Å². The fourth-order valence-corrected chi connectivity index (χ4v) is 6.85. The SMILES string of the molecule is CC(C)(C)OC(=O)N=C(N)c1ccc2c(c1)C(CCNC(=O)CCCCC1CCSS1)CO2. The zero-order valence-corrected chi connectivity index (χ0v) is 21.4. The number of ether oxygens (including phenoxy) is 2. The first-order valence-corrected chi connectivity index (χ1v) is 14.0. The van der Waals surface area contributed by atoms with Crippen molar-refractivity contribution in [1.82, 2.24) is 5.32 Å². The van der Waals surface area contributed by atoms with Gasteiger partial charge < -0.3 is 20.5 Å². The molecule has 3 rings (SSSR count). The number of amidine groups is 1. The van der Waals surface area contributed by atoms with Crippen molar-refractivity contribution in [3.8, 4) is 5.75 Å². The predicted octanol–water partition coefficient (Wildman–Crippen LogP) is 5.02. The highest BCUT2D eigenvalue weighted by Crippen LogP contribution is 2.40. The van der Waals surface area contributed by atoms with E-state index in [1.165, 1.54) is 18.6 Å². The van der Waals surface area contributed by atoms with Gasteiger partial charge in [0.05, 0.1) is 6.61 Å². The summed E-state index contributed by atoms with van der Waals surface area (Å²) in [5, 5.41) is 3.81. The van der Waals surface area contributed by atoms with Crippen LogP contribution in [0.5, 0.6) is 5.75 Å². The van der Waals surface area contributed by atoms with E-state index in [1.807, 2.05) is 33.7 Å². The maximum absolute atomic E-state index is 12.2. The van der Waals surface area contributed by atoms with Crippen LogP contribution in [0.25, 0.3) is 0 Å². The monoisotopic (exact) mass is 493 g/mol. The van der Waals surface area contributed by atoms with Crippen molar-refractivity contribution >= 4 is 39.4 Å². The van der Waals surface area contributed by atoms with Crippen LogP contribution >= 0.6 is 21.6 Å².